The minimum absolute atomic E-state index is 0.188. The van der Waals surface area contributed by atoms with Crippen molar-refractivity contribution in [3.05, 3.63) is 30.0 Å². The van der Waals surface area contributed by atoms with E-state index in [-0.39, 0.29) is 5.69 Å². The highest BCUT2D eigenvalue weighted by Crippen LogP contribution is 2.23. The van der Waals surface area contributed by atoms with Crippen molar-refractivity contribution in [2.45, 2.75) is 0 Å². The molecule has 102 valence electrons. The van der Waals surface area contributed by atoms with Crippen molar-refractivity contribution in [1.82, 2.24) is 4.98 Å². The Balaban J connectivity index is 2.36. The van der Waals surface area contributed by atoms with E-state index in [9.17, 15) is 4.79 Å². The van der Waals surface area contributed by atoms with Gasteiger partial charge in [-0.1, -0.05) is 0 Å². The molecule has 0 spiro atoms. The van der Waals surface area contributed by atoms with Gasteiger partial charge in [-0.3, -0.25) is 0 Å². The molecule has 1 aromatic carbocycles. The van der Waals surface area contributed by atoms with Crippen LogP contribution in [0.25, 0.3) is 10.9 Å². The van der Waals surface area contributed by atoms with Crippen LogP contribution in [-0.2, 0) is 0 Å². The largest absolute Gasteiger partial charge is 0.477 e. The van der Waals surface area contributed by atoms with E-state index in [2.05, 4.69) is 9.88 Å². The summed E-state index contributed by atoms with van der Waals surface area (Å²) in [5.74, 6) is 0.0707. The lowest BCUT2D eigenvalue weighted by Crippen LogP contribution is -2.27. The summed E-state index contributed by atoms with van der Waals surface area (Å²) in [7, 11) is 0. The van der Waals surface area contributed by atoms with Crippen LogP contribution < -0.4 is 4.90 Å². The van der Waals surface area contributed by atoms with Crippen LogP contribution >= 0.6 is 23.2 Å². The normalized spacial score (nSPS) is 10.8. The standard InChI is InChI=1S/C13H14Cl2N2O2/c14-3-5-17(6-4-15)10-1-2-11-9(7-10)8-12(16-11)13(18)19/h1-2,7-8,16H,3-6H2,(H,18,19). The molecular weight excluding hydrogens is 287 g/mol. The summed E-state index contributed by atoms with van der Waals surface area (Å²) < 4.78 is 0. The van der Waals surface area contributed by atoms with E-state index < -0.39 is 5.97 Å². The van der Waals surface area contributed by atoms with Crippen LogP contribution in [-0.4, -0.2) is 40.9 Å². The molecule has 0 aliphatic heterocycles. The molecule has 0 saturated carbocycles. The quantitative estimate of drug-likeness (QED) is 0.806. The van der Waals surface area contributed by atoms with Crippen molar-refractivity contribution >= 4 is 45.8 Å². The minimum Gasteiger partial charge on any atom is -0.477 e. The third-order valence-corrected chi connectivity index (χ3v) is 3.25. The number of halogens is 2. The van der Waals surface area contributed by atoms with Crippen LogP contribution in [0.1, 0.15) is 10.5 Å². The third kappa shape index (κ3) is 3.14. The molecular formula is C13H14Cl2N2O2. The number of nitrogens with one attached hydrogen (secondary N) is 1. The Kier molecular flexibility index (Phi) is 4.56. The number of H-pyrrole nitrogens is 1. The van der Waals surface area contributed by atoms with Crippen LogP contribution in [0.2, 0.25) is 0 Å². The Hall–Kier alpha value is -1.39. The lowest BCUT2D eigenvalue weighted by Gasteiger charge is -2.22. The second-order valence-corrected chi connectivity index (χ2v) is 4.88. The number of aromatic nitrogens is 1. The summed E-state index contributed by atoms with van der Waals surface area (Å²) in [6.45, 7) is 1.41. The Morgan fingerprint density at radius 3 is 2.47 bits per heavy atom. The Morgan fingerprint density at radius 1 is 1.21 bits per heavy atom. The van der Waals surface area contributed by atoms with E-state index in [0.29, 0.717) is 24.8 Å². The topological polar surface area (TPSA) is 56.3 Å². The fraction of sp³-hybridized carbons (Fsp3) is 0.308. The maximum Gasteiger partial charge on any atom is 0.352 e. The predicted molar refractivity (Wildman–Crippen MR) is 78.9 cm³/mol. The van der Waals surface area contributed by atoms with Gasteiger partial charge in [-0.05, 0) is 24.3 Å². The number of carboxylic acids is 1. The van der Waals surface area contributed by atoms with Gasteiger partial charge in [0.25, 0.3) is 0 Å². The molecule has 1 heterocycles. The van der Waals surface area contributed by atoms with Gasteiger partial charge in [0.05, 0.1) is 0 Å². The van der Waals surface area contributed by atoms with Crippen LogP contribution in [0.15, 0.2) is 24.3 Å². The maximum atomic E-state index is 10.9. The number of rotatable bonds is 6. The molecule has 0 atom stereocenters. The van der Waals surface area contributed by atoms with Crippen molar-refractivity contribution in [2.75, 3.05) is 29.7 Å². The molecule has 19 heavy (non-hydrogen) atoms. The van der Waals surface area contributed by atoms with Crippen LogP contribution in [0.5, 0.6) is 0 Å². The van der Waals surface area contributed by atoms with Gasteiger partial charge < -0.3 is 15.0 Å². The van der Waals surface area contributed by atoms with Crippen molar-refractivity contribution < 1.29 is 9.90 Å². The highest BCUT2D eigenvalue weighted by atomic mass is 35.5. The molecule has 0 unspecified atom stereocenters. The summed E-state index contributed by atoms with van der Waals surface area (Å²) >= 11 is 11.6. The van der Waals surface area contributed by atoms with Crippen LogP contribution in [0, 0.1) is 0 Å². The van der Waals surface area contributed by atoms with Crippen molar-refractivity contribution in [2.24, 2.45) is 0 Å². The molecule has 0 bridgehead atoms. The number of alkyl halides is 2. The van der Waals surface area contributed by atoms with E-state index in [4.69, 9.17) is 28.3 Å². The summed E-state index contributed by atoms with van der Waals surface area (Å²) in [5.41, 5.74) is 1.98. The smallest absolute Gasteiger partial charge is 0.352 e. The minimum atomic E-state index is -0.962. The molecule has 2 N–H and O–H groups in total. The number of aromatic amines is 1. The zero-order valence-electron chi connectivity index (χ0n) is 10.2. The molecule has 0 aliphatic rings. The third-order valence-electron chi connectivity index (χ3n) is 2.91. The first-order chi connectivity index (χ1) is 9.15. The number of aromatic carboxylic acids is 1. The number of anilines is 1. The van der Waals surface area contributed by atoms with Gasteiger partial charge in [0.2, 0.25) is 0 Å². The van der Waals surface area contributed by atoms with E-state index >= 15 is 0 Å². The van der Waals surface area contributed by atoms with E-state index in [1.807, 2.05) is 18.2 Å². The van der Waals surface area contributed by atoms with E-state index in [1.54, 1.807) is 6.07 Å². The summed E-state index contributed by atoms with van der Waals surface area (Å²) in [5, 5.41) is 9.82. The SMILES string of the molecule is O=C(O)c1cc2cc(N(CCCl)CCCl)ccc2[nH]1. The zero-order chi connectivity index (χ0) is 13.8. The molecule has 0 aliphatic carbocycles. The van der Waals surface area contributed by atoms with Gasteiger partial charge in [0.1, 0.15) is 5.69 Å². The van der Waals surface area contributed by atoms with Gasteiger partial charge in [0.15, 0.2) is 0 Å². The molecule has 0 fully saturated rings. The van der Waals surface area contributed by atoms with Gasteiger partial charge in [-0.15, -0.1) is 23.2 Å². The lowest BCUT2D eigenvalue weighted by molar-refractivity contribution is 0.0691. The highest BCUT2D eigenvalue weighted by molar-refractivity contribution is 6.18. The van der Waals surface area contributed by atoms with Gasteiger partial charge >= 0.3 is 5.97 Å². The fourth-order valence-electron chi connectivity index (χ4n) is 2.01. The molecule has 1 aromatic heterocycles. The first-order valence-electron chi connectivity index (χ1n) is 5.88. The number of benzene rings is 1. The van der Waals surface area contributed by atoms with Gasteiger partial charge in [0, 0.05) is 41.4 Å². The van der Waals surface area contributed by atoms with E-state index in [0.717, 1.165) is 16.6 Å². The lowest BCUT2D eigenvalue weighted by atomic mass is 10.2. The molecule has 2 aromatic rings. The number of hydrogen-bond acceptors (Lipinski definition) is 2. The molecule has 2 rings (SSSR count). The Morgan fingerprint density at radius 2 is 1.89 bits per heavy atom. The molecule has 0 amide bonds. The average Bonchev–Trinajstić information content (AvgIpc) is 2.81. The van der Waals surface area contributed by atoms with Crippen molar-refractivity contribution in [3.63, 3.8) is 0 Å². The number of nitrogens with zero attached hydrogens (tertiary/aromatic N) is 1. The molecule has 0 saturated heterocycles. The van der Waals surface area contributed by atoms with E-state index in [1.165, 1.54) is 0 Å². The first-order valence-corrected chi connectivity index (χ1v) is 6.95. The first kappa shape index (κ1) is 14.0. The second kappa shape index (κ2) is 6.17. The molecule has 0 radical (unpaired) electrons. The average molecular weight is 301 g/mol. The zero-order valence-corrected chi connectivity index (χ0v) is 11.7. The number of carbonyl (C=O) groups is 1. The predicted octanol–water partition coefficient (Wildman–Crippen LogP) is 3.15. The van der Waals surface area contributed by atoms with Crippen molar-refractivity contribution in [1.29, 1.82) is 0 Å². The fourth-order valence-corrected chi connectivity index (χ4v) is 2.41. The summed E-state index contributed by atoms with van der Waals surface area (Å²) in [6, 6.07) is 7.37. The molecule has 6 heteroatoms. The number of hydrogen-bond donors (Lipinski definition) is 2. The highest BCUT2D eigenvalue weighted by Gasteiger charge is 2.10. The second-order valence-electron chi connectivity index (χ2n) is 4.12. The monoisotopic (exact) mass is 300 g/mol. The number of carboxylic acid groups (broad SMARTS) is 1. The van der Waals surface area contributed by atoms with Gasteiger partial charge in [-0.2, -0.15) is 0 Å². The van der Waals surface area contributed by atoms with Crippen molar-refractivity contribution in [3.8, 4) is 0 Å². The van der Waals surface area contributed by atoms with Gasteiger partial charge in [-0.25, -0.2) is 4.79 Å². The Bertz CT molecular complexity index is 577. The van der Waals surface area contributed by atoms with Crippen LogP contribution in [0.4, 0.5) is 5.69 Å². The maximum absolute atomic E-state index is 10.9. The Labute approximate surface area is 120 Å². The van der Waals surface area contributed by atoms with Crippen LogP contribution in [0.3, 0.4) is 0 Å². The summed E-state index contributed by atoms with van der Waals surface area (Å²) in [4.78, 5) is 15.8. The molecule has 4 nitrogen and oxygen atoms in total. The number of fused-ring (bicyclic) bond motifs is 1. The summed E-state index contributed by atoms with van der Waals surface area (Å²) in [6.07, 6.45) is 0.